The van der Waals surface area contributed by atoms with Crippen molar-refractivity contribution < 1.29 is 19.8 Å². The molecule has 1 rings (SSSR count). The van der Waals surface area contributed by atoms with Crippen molar-refractivity contribution in [1.82, 2.24) is 0 Å². The second kappa shape index (κ2) is 5.53. The molecule has 1 aromatic carbocycles. The molecule has 0 heterocycles. The van der Waals surface area contributed by atoms with Crippen molar-refractivity contribution in [1.29, 1.82) is 0 Å². The molecule has 1 unspecified atom stereocenters. The number of phenols is 1. The van der Waals surface area contributed by atoms with Gasteiger partial charge in [0.2, 0.25) is 5.91 Å². The van der Waals surface area contributed by atoms with Crippen LogP contribution in [0.25, 0.3) is 0 Å². The quantitative estimate of drug-likeness (QED) is 0.717. The minimum absolute atomic E-state index is 0.118. The molecular weight excluding hydrogens is 234 g/mol. The van der Waals surface area contributed by atoms with Gasteiger partial charge in [0.1, 0.15) is 5.56 Å². The molecule has 5 heteroatoms. The van der Waals surface area contributed by atoms with Gasteiger partial charge in [-0.1, -0.05) is 26.8 Å². The van der Waals surface area contributed by atoms with Crippen LogP contribution in [0.1, 0.15) is 31.1 Å². The van der Waals surface area contributed by atoms with Gasteiger partial charge in [0.15, 0.2) is 5.75 Å². The van der Waals surface area contributed by atoms with E-state index in [-0.39, 0.29) is 29.0 Å². The van der Waals surface area contributed by atoms with Gasteiger partial charge in [-0.25, -0.2) is 4.79 Å². The number of carbonyl (C=O) groups excluding carboxylic acids is 1. The standard InChI is InChI=1S/C13H17NO4/c1-7(2)8(3)12(16)14-10-6-4-5-9(11(10)15)13(17)18/h4-8,15H,1-3H3,(H,14,16)(H,17,18). The Morgan fingerprint density at radius 3 is 2.33 bits per heavy atom. The Bertz CT molecular complexity index is 468. The highest BCUT2D eigenvalue weighted by molar-refractivity contribution is 5.98. The van der Waals surface area contributed by atoms with Crippen LogP contribution in [0.2, 0.25) is 0 Å². The van der Waals surface area contributed by atoms with E-state index in [9.17, 15) is 14.7 Å². The molecule has 0 aliphatic carbocycles. The smallest absolute Gasteiger partial charge is 0.339 e. The molecule has 5 nitrogen and oxygen atoms in total. The second-order valence-electron chi connectivity index (χ2n) is 4.53. The number of rotatable bonds is 4. The number of benzene rings is 1. The maximum atomic E-state index is 11.8. The molecule has 0 bridgehead atoms. The number of aromatic carboxylic acids is 1. The predicted molar refractivity (Wildman–Crippen MR) is 67.7 cm³/mol. The van der Waals surface area contributed by atoms with Crippen LogP contribution in [0.5, 0.6) is 5.75 Å². The Morgan fingerprint density at radius 2 is 1.83 bits per heavy atom. The highest BCUT2D eigenvalue weighted by Gasteiger charge is 2.19. The van der Waals surface area contributed by atoms with E-state index in [4.69, 9.17) is 5.11 Å². The number of hydrogen-bond donors (Lipinski definition) is 3. The van der Waals surface area contributed by atoms with E-state index < -0.39 is 11.7 Å². The molecule has 3 N–H and O–H groups in total. The van der Waals surface area contributed by atoms with Crippen molar-refractivity contribution in [2.45, 2.75) is 20.8 Å². The van der Waals surface area contributed by atoms with Crippen LogP contribution >= 0.6 is 0 Å². The van der Waals surface area contributed by atoms with Crippen LogP contribution < -0.4 is 5.32 Å². The molecule has 0 radical (unpaired) electrons. The Kier molecular flexibility index (Phi) is 4.31. The van der Waals surface area contributed by atoms with Crippen molar-refractivity contribution in [3.63, 3.8) is 0 Å². The van der Waals surface area contributed by atoms with Gasteiger partial charge in [-0.05, 0) is 18.1 Å². The first-order valence-electron chi connectivity index (χ1n) is 5.70. The van der Waals surface area contributed by atoms with Crippen molar-refractivity contribution in [2.75, 3.05) is 5.32 Å². The van der Waals surface area contributed by atoms with Gasteiger partial charge >= 0.3 is 5.97 Å². The van der Waals surface area contributed by atoms with Crippen LogP contribution in [0.15, 0.2) is 18.2 Å². The van der Waals surface area contributed by atoms with Crippen LogP contribution in [0.3, 0.4) is 0 Å². The third kappa shape index (κ3) is 3.00. The minimum Gasteiger partial charge on any atom is -0.505 e. The summed E-state index contributed by atoms with van der Waals surface area (Å²) in [7, 11) is 0. The zero-order valence-corrected chi connectivity index (χ0v) is 10.6. The molecule has 1 atom stereocenters. The fourth-order valence-electron chi connectivity index (χ4n) is 1.37. The van der Waals surface area contributed by atoms with Gasteiger partial charge in [0.25, 0.3) is 0 Å². The Morgan fingerprint density at radius 1 is 1.22 bits per heavy atom. The van der Waals surface area contributed by atoms with Gasteiger partial charge in [0.05, 0.1) is 5.69 Å². The van der Waals surface area contributed by atoms with E-state index in [0.29, 0.717) is 0 Å². The van der Waals surface area contributed by atoms with E-state index in [2.05, 4.69) is 5.32 Å². The monoisotopic (exact) mass is 251 g/mol. The molecule has 0 aliphatic rings. The Balaban J connectivity index is 2.96. The minimum atomic E-state index is -1.24. The molecule has 0 saturated heterocycles. The van der Waals surface area contributed by atoms with Crippen LogP contribution in [0.4, 0.5) is 5.69 Å². The normalized spacial score (nSPS) is 12.2. The number of carbonyl (C=O) groups is 2. The van der Waals surface area contributed by atoms with E-state index in [1.165, 1.54) is 18.2 Å². The summed E-state index contributed by atoms with van der Waals surface area (Å²) >= 11 is 0. The summed E-state index contributed by atoms with van der Waals surface area (Å²) in [5.41, 5.74) is -0.114. The summed E-state index contributed by atoms with van der Waals surface area (Å²) in [6, 6.07) is 4.21. The van der Waals surface area contributed by atoms with E-state index in [1.54, 1.807) is 6.92 Å². The number of hydrogen-bond acceptors (Lipinski definition) is 3. The van der Waals surface area contributed by atoms with Crippen LogP contribution in [0, 0.1) is 11.8 Å². The van der Waals surface area contributed by atoms with Crippen molar-refractivity contribution in [2.24, 2.45) is 11.8 Å². The third-order valence-corrected chi connectivity index (χ3v) is 2.94. The van der Waals surface area contributed by atoms with Crippen LogP contribution in [-0.2, 0) is 4.79 Å². The summed E-state index contributed by atoms with van der Waals surface area (Å²) in [5.74, 6) is -1.97. The highest BCUT2D eigenvalue weighted by atomic mass is 16.4. The molecule has 0 aliphatic heterocycles. The van der Waals surface area contributed by atoms with Gasteiger partial charge < -0.3 is 15.5 Å². The third-order valence-electron chi connectivity index (χ3n) is 2.94. The summed E-state index contributed by atoms with van der Waals surface area (Å²) in [6.45, 7) is 5.60. The molecule has 0 spiro atoms. The molecule has 0 aromatic heterocycles. The van der Waals surface area contributed by atoms with E-state index in [1.807, 2.05) is 13.8 Å². The highest BCUT2D eigenvalue weighted by Crippen LogP contribution is 2.28. The fraction of sp³-hybridized carbons (Fsp3) is 0.385. The second-order valence-corrected chi connectivity index (χ2v) is 4.53. The molecule has 18 heavy (non-hydrogen) atoms. The zero-order valence-electron chi connectivity index (χ0n) is 10.6. The molecule has 0 saturated carbocycles. The molecule has 0 fully saturated rings. The lowest BCUT2D eigenvalue weighted by atomic mass is 9.97. The largest absolute Gasteiger partial charge is 0.505 e. The van der Waals surface area contributed by atoms with Crippen molar-refractivity contribution >= 4 is 17.6 Å². The van der Waals surface area contributed by atoms with Gasteiger partial charge in [-0.3, -0.25) is 4.79 Å². The Labute approximate surface area is 105 Å². The predicted octanol–water partition coefficient (Wildman–Crippen LogP) is 2.32. The number of carboxylic acid groups (broad SMARTS) is 1. The molecule has 1 aromatic rings. The van der Waals surface area contributed by atoms with Gasteiger partial charge in [0, 0.05) is 5.92 Å². The number of anilines is 1. The van der Waals surface area contributed by atoms with Gasteiger partial charge in [-0.15, -0.1) is 0 Å². The average molecular weight is 251 g/mol. The topological polar surface area (TPSA) is 86.6 Å². The molecular formula is C13H17NO4. The summed E-state index contributed by atoms with van der Waals surface area (Å²) in [4.78, 5) is 22.6. The van der Waals surface area contributed by atoms with Crippen molar-refractivity contribution in [3.8, 4) is 5.75 Å². The Hall–Kier alpha value is -2.04. The number of aromatic hydroxyl groups is 1. The molecule has 98 valence electrons. The lowest BCUT2D eigenvalue weighted by Gasteiger charge is -2.16. The maximum absolute atomic E-state index is 11.8. The van der Waals surface area contributed by atoms with Crippen LogP contribution in [-0.4, -0.2) is 22.1 Å². The van der Waals surface area contributed by atoms with E-state index in [0.717, 1.165) is 0 Å². The fourth-order valence-corrected chi connectivity index (χ4v) is 1.37. The first kappa shape index (κ1) is 14.0. The SMILES string of the molecule is CC(C)C(C)C(=O)Nc1cccc(C(=O)O)c1O. The number of carboxylic acids is 1. The first-order chi connectivity index (χ1) is 8.34. The number of nitrogens with one attached hydrogen (secondary N) is 1. The summed E-state index contributed by atoms with van der Waals surface area (Å²) in [5, 5.41) is 21.1. The summed E-state index contributed by atoms with van der Waals surface area (Å²) in [6.07, 6.45) is 0. The molecule has 1 amide bonds. The number of amides is 1. The van der Waals surface area contributed by atoms with Crippen molar-refractivity contribution in [3.05, 3.63) is 23.8 Å². The lowest BCUT2D eigenvalue weighted by Crippen LogP contribution is -2.24. The lowest BCUT2D eigenvalue weighted by molar-refractivity contribution is -0.120. The summed E-state index contributed by atoms with van der Waals surface area (Å²) < 4.78 is 0. The average Bonchev–Trinajstić information content (AvgIpc) is 2.30. The van der Waals surface area contributed by atoms with E-state index >= 15 is 0 Å². The number of para-hydroxylation sites is 1. The first-order valence-corrected chi connectivity index (χ1v) is 5.70. The zero-order chi connectivity index (χ0) is 13.9. The van der Waals surface area contributed by atoms with Gasteiger partial charge in [-0.2, -0.15) is 0 Å². The maximum Gasteiger partial charge on any atom is 0.339 e.